The molecule has 0 atom stereocenters. The van der Waals surface area contributed by atoms with E-state index in [2.05, 4.69) is 20.4 Å². The first-order valence-electron chi connectivity index (χ1n) is 5.18. The van der Waals surface area contributed by atoms with Crippen molar-refractivity contribution in [1.29, 1.82) is 0 Å². The molecule has 84 valence electrons. The highest BCUT2D eigenvalue weighted by molar-refractivity contribution is 5.50. The zero-order chi connectivity index (χ0) is 11.5. The van der Waals surface area contributed by atoms with E-state index >= 15 is 0 Å². The summed E-state index contributed by atoms with van der Waals surface area (Å²) in [5.41, 5.74) is 1.84. The van der Waals surface area contributed by atoms with Crippen LogP contribution in [0.5, 0.6) is 0 Å². The lowest BCUT2D eigenvalue weighted by molar-refractivity contribution is 0.429. The average Bonchev–Trinajstić information content (AvgIpc) is 2.65. The number of aromatic nitrogens is 3. The molecule has 2 heterocycles. The van der Waals surface area contributed by atoms with Gasteiger partial charge in [0, 0.05) is 12.2 Å². The zero-order valence-corrected chi connectivity index (χ0v) is 9.56. The summed E-state index contributed by atoms with van der Waals surface area (Å²) in [6.07, 6.45) is 1.73. The third kappa shape index (κ3) is 2.36. The van der Waals surface area contributed by atoms with Gasteiger partial charge in [0.05, 0.1) is 0 Å². The predicted molar refractivity (Wildman–Crippen MR) is 61.0 cm³/mol. The average molecular weight is 218 g/mol. The van der Waals surface area contributed by atoms with Gasteiger partial charge >= 0.3 is 6.01 Å². The maximum Gasteiger partial charge on any atom is 0.322 e. The molecule has 1 N–H and O–H groups in total. The summed E-state index contributed by atoms with van der Waals surface area (Å²) in [7, 11) is 0. The summed E-state index contributed by atoms with van der Waals surface area (Å²) in [5, 5.41) is 6.91. The first-order chi connectivity index (χ1) is 7.65. The van der Waals surface area contributed by atoms with E-state index in [4.69, 9.17) is 4.52 Å². The molecular formula is C11H14N4O. The van der Waals surface area contributed by atoms with Crippen molar-refractivity contribution >= 4 is 6.01 Å². The molecule has 5 nitrogen and oxygen atoms in total. The van der Waals surface area contributed by atoms with Crippen LogP contribution in [0.15, 0.2) is 22.9 Å². The zero-order valence-electron chi connectivity index (χ0n) is 9.56. The van der Waals surface area contributed by atoms with Crippen molar-refractivity contribution in [3.8, 4) is 11.5 Å². The topological polar surface area (TPSA) is 63.8 Å². The minimum Gasteiger partial charge on any atom is -0.336 e. The van der Waals surface area contributed by atoms with Gasteiger partial charge in [-0.15, -0.1) is 0 Å². The van der Waals surface area contributed by atoms with Crippen molar-refractivity contribution in [2.45, 2.75) is 26.8 Å². The summed E-state index contributed by atoms with van der Waals surface area (Å²) in [6, 6.07) is 4.54. The maximum absolute atomic E-state index is 5.06. The molecule has 2 rings (SSSR count). The van der Waals surface area contributed by atoms with Gasteiger partial charge in [0.2, 0.25) is 5.82 Å². The molecule has 0 aliphatic rings. The van der Waals surface area contributed by atoms with Crippen molar-refractivity contribution in [2.24, 2.45) is 0 Å². The number of rotatable bonds is 3. The minimum atomic E-state index is 0.263. The number of hydrogen-bond donors (Lipinski definition) is 1. The van der Waals surface area contributed by atoms with Gasteiger partial charge in [-0.3, -0.25) is 4.98 Å². The Hall–Kier alpha value is -1.91. The second-order valence-corrected chi connectivity index (χ2v) is 3.94. The van der Waals surface area contributed by atoms with Gasteiger partial charge in [0.15, 0.2) is 0 Å². The molecule has 0 radical (unpaired) electrons. The molecule has 0 spiro atoms. The Morgan fingerprint density at radius 3 is 2.88 bits per heavy atom. The first kappa shape index (κ1) is 10.6. The molecule has 16 heavy (non-hydrogen) atoms. The Morgan fingerprint density at radius 1 is 1.38 bits per heavy atom. The number of nitrogens with zero attached hydrogens (tertiary/aromatic N) is 3. The summed E-state index contributed by atoms with van der Waals surface area (Å²) in [5.74, 6) is 0.506. The van der Waals surface area contributed by atoms with Gasteiger partial charge < -0.3 is 9.84 Å². The van der Waals surface area contributed by atoms with E-state index < -0.39 is 0 Å². The summed E-state index contributed by atoms with van der Waals surface area (Å²) < 4.78 is 5.06. The lowest BCUT2D eigenvalue weighted by Gasteiger charge is -2.01. The van der Waals surface area contributed by atoms with Gasteiger partial charge in [-0.1, -0.05) is 5.16 Å². The van der Waals surface area contributed by atoms with Crippen LogP contribution in [0.2, 0.25) is 0 Å². The van der Waals surface area contributed by atoms with E-state index in [0.717, 1.165) is 11.3 Å². The van der Waals surface area contributed by atoms with Crippen LogP contribution in [0.25, 0.3) is 11.5 Å². The van der Waals surface area contributed by atoms with Crippen molar-refractivity contribution in [1.82, 2.24) is 15.1 Å². The quantitative estimate of drug-likeness (QED) is 0.856. The van der Waals surface area contributed by atoms with Crippen LogP contribution in [0, 0.1) is 6.92 Å². The van der Waals surface area contributed by atoms with Crippen LogP contribution in [-0.4, -0.2) is 21.2 Å². The Bertz CT molecular complexity index is 478. The van der Waals surface area contributed by atoms with Crippen molar-refractivity contribution in [3.05, 3.63) is 23.9 Å². The molecule has 0 aliphatic heterocycles. The molecule has 5 heteroatoms. The normalized spacial score (nSPS) is 10.8. The number of anilines is 1. The van der Waals surface area contributed by atoms with E-state index in [9.17, 15) is 0 Å². The van der Waals surface area contributed by atoms with Gasteiger partial charge in [-0.2, -0.15) is 4.98 Å². The van der Waals surface area contributed by atoms with Crippen molar-refractivity contribution in [2.75, 3.05) is 5.32 Å². The fourth-order valence-corrected chi connectivity index (χ4v) is 1.29. The van der Waals surface area contributed by atoms with Crippen LogP contribution < -0.4 is 5.32 Å². The van der Waals surface area contributed by atoms with Crippen molar-refractivity contribution < 1.29 is 4.52 Å². The molecule has 0 aromatic carbocycles. The van der Waals surface area contributed by atoms with Crippen molar-refractivity contribution in [3.63, 3.8) is 0 Å². The van der Waals surface area contributed by atoms with Crippen LogP contribution in [0.3, 0.4) is 0 Å². The SMILES string of the molecule is Cc1ccnc(-c2noc(NC(C)C)n2)c1. The highest BCUT2D eigenvalue weighted by atomic mass is 16.5. The molecule has 2 aromatic heterocycles. The Kier molecular flexibility index (Phi) is 2.85. The second kappa shape index (κ2) is 4.30. The Morgan fingerprint density at radius 2 is 2.19 bits per heavy atom. The third-order valence-electron chi connectivity index (χ3n) is 1.98. The number of pyridine rings is 1. The van der Waals surface area contributed by atoms with Crippen LogP contribution in [0.1, 0.15) is 19.4 Å². The standard InChI is InChI=1S/C11H14N4O/c1-7(2)13-11-14-10(15-16-11)9-6-8(3)4-5-12-9/h4-7H,1-3H3,(H,13,14,15). The van der Waals surface area contributed by atoms with E-state index in [-0.39, 0.29) is 6.04 Å². The first-order valence-corrected chi connectivity index (χ1v) is 5.18. The predicted octanol–water partition coefficient (Wildman–Crippen LogP) is 2.26. The van der Waals surface area contributed by atoms with E-state index in [1.165, 1.54) is 0 Å². The number of hydrogen-bond acceptors (Lipinski definition) is 5. The second-order valence-electron chi connectivity index (χ2n) is 3.94. The van der Waals surface area contributed by atoms with Crippen LogP contribution in [0.4, 0.5) is 6.01 Å². The molecule has 0 amide bonds. The number of nitrogens with one attached hydrogen (secondary N) is 1. The van der Waals surface area contributed by atoms with Gasteiger partial charge in [0.25, 0.3) is 0 Å². The fourth-order valence-electron chi connectivity index (χ4n) is 1.29. The highest BCUT2D eigenvalue weighted by Crippen LogP contribution is 2.16. The molecule has 0 saturated carbocycles. The molecular weight excluding hydrogens is 204 g/mol. The minimum absolute atomic E-state index is 0.263. The fraction of sp³-hybridized carbons (Fsp3) is 0.364. The Balaban J connectivity index is 2.24. The molecule has 0 unspecified atom stereocenters. The highest BCUT2D eigenvalue weighted by Gasteiger charge is 2.09. The molecule has 0 fully saturated rings. The van der Waals surface area contributed by atoms with Gasteiger partial charge in [-0.25, -0.2) is 0 Å². The summed E-state index contributed by atoms with van der Waals surface area (Å²) in [4.78, 5) is 8.40. The molecule has 0 aliphatic carbocycles. The molecule has 0 saturated heterocycles. The van der Waals surface area contributed by atoms with Crippen LogP contribution in [-0.2, 0) is 0 Å². The summed E-state index contributed by atoms with van der Waals surface area (Å²) >= 11 is 0. The largest absolute Gasteiger partial charge is 0.336 e. The monoisotopic (exact) mass is 218 g/mol. The third-order valence-corrected chi connectivity index (χ3v) is 1.98. The molecule has 2 aromatic rings. The van der Waals surface area contributed by atoms with Gasteiger partial charge in [0.1, 0.15) is 5.69 Å². The lowest BCUT2D eigenvalue weighted by Crippen LogP contribution is -2.09. The van der Waals surface area contributed by atoms with Crippen LogP contribution >= 0.6 is 0 Å². The Labute approximate surface area is 93.9 Å². The summed E-state index contributed by atoms with van der Waals surface area (Å²) in [6.45, 7) is 6.02. The van der Waals surface area contributed by atoms with E-state index in [0.29, 0.717) is 11.8 Å². The number of aryl methyl sites for hydroxylation is 1. The maximum atomic E-state index is 5.06. The van der Waals surface area contributed by atoms with E-state index in [1.54, 1.807) is 6.20 Å². The van der Waals surface area contributed by atoms with Gasteiger partial charge in [-0.05, 0) is 38.5 Å². The lowest BCUT2D eigenvalue weighted by atomic mass is 10.2. The molecule has 0 bridgehead atoms. The van der Waals surface area contributed by atoms with E-state index in [1.807, 2.05) is 32.9 Å². The smallest absolute Gasteiger partial charge is 0.322 e.